The number of aromatic nitrogens is 4. The van der Waals surface area contributed by atoms with E-state index in [9.17, 15) is 9.59 Å². The fourth-order valence-electron chi connectivity index (χ4n) is 3.49. The van der Waals surface area contributed by atoms with Gasteiger partial charge in [0, 0.05) is 0 Å². The van der Waals surface area contributed by atoms with Crippen molar-refractivity contribution in [1.29, 1.82) is 0 Å². The minimum atomic E-state index is -0.523. The zero-order chi connectivity index (χ0) is 19.3. The van der Waals surface area contributed by atoms with Crippen molar-refractivity contribution in [2.75, 3.05) is 6.61 Å². The number of nitrogens with one attached hydrogen (secondary N) is 1. The van der Waals surface area contributed by atoms with Crippen LogP contribution in [0.25, 0.3) is 38.7 Å². The summed E-state index contributed by atoms with van der Waals surface area (Å²) >= 11 is 0. The van der Waals surface area contributed by atoms with Gasteiger partial charge in [-0.2, -0.15) is 0 Å². The van der Waals surface area contributed by atoms with Crippen molar-refractivity contribution in [2.24, 2.45) is 0 Å². The molecule has 2 aromatic carbocycles. The summed E-state index contributed by atoms with van der Waals surface area (Å²) in [6, 6.07) is 14.7. The van der Waals surface area contributed by atoms with Crippen LogP contribution in [-0.4, -0.2) is 31.9 Å². The molecule has 0 fully saturated rings. The lowest BCUT2D eigenvalue weighted by atomic mass is 10.2. The summed E-state index contributed by atoms with van der Waals surface area (Å²) in [6.07, 6.45) is 0.698. The van der Waals surface area contributed by atoms with Gasteiger partial charge in [0.15, 0.2) is 5.65 Å². The molecule has 0 aliphatic carbocycles. The van der Waals surface area contributed by atoms with Crippen LogP contribution < -0.4 is 5.56 Å². The second-order valence-corrected chi connectivity index (χ2v) is 6.55. The van der Waals surface area contributed by atoms with Gasteiger partial charge in [0.2, 0.25) is 0 Å². The molecule has 1 N–H and O–H groups in total. The quantitative estimate of drug-likeness (QED) is 0.490. The van der Waals surface area contributed by atoms with Gasteiger partial charge < -0.3 is 9.72 Å². The molecule has 0 radical (unpaired) electrons. The van der Waals surface area contributed by atoms with Crippen molar-refractivity contribution in [3.05, 3.63) is 64.4 Å². The lowest BCUT2D eigenvalue weighted by molar-refractivity contribution is 0.0509. The summed E-state index contributed by atoms with van der Waals surface area (Å²) in [7, 11) is 0. The summed E-state index contributed by atoms with van der Waals surface area (Å²) in [5, 5.41) is 0.510. The van der Waals surface area contributed by atoms with Gasteiger partial charge in [0.05, 0.1) is 28.5 Å². The van der Waals surface area contributed by atoms with Crippen LogP contribution in [0.1, 0.15) is 23.7 Å². The summed E-state index contributed by atoms with van der Waals surface area (Å²) < 4.78 is 7.15. The number of carbonyl (C=O) groups is 1. The van der Waals surface area contributed by atoms with E-state index in [2.05, 4.69) is 9.97 Å². The molecule has 3 heterocycles. The number of rotatable bonds is 3. The van der Waals surface area contributed by atoms with Crippen molar-refractivity contribution >= 4 is 44.7 Å². The normalized spacial score (nSPS) is 11.6. The van der Waals surface area contributed by atoms with Crippen molar-refractivity contribution in [2.45, 2.75) is 13.3 Å². The van der Waals surface area contributed by atoms with Crippen molar-refractivity contribution in [3.8, 4) is 0 Å². The van der Waals surface area contributed by atoms with Gasteiger partial charge >= 0.3 is 5.97 Å². The molecule has 0 atom stereocenters. The number of benzene rings is 2. The number of hydrogen-bond donors (Lipinski definition) is 1. The maximum Gasteiger partial charge on any atom is 0.344 e. The molecule has 3 aromatic heterocycles. The molecule has 138 valence electrons. The number of nitrogens with zero attached hydrogens (tertiary/aromatic N) is 3. The monoisotopic (exact) mass is 372 g/mol. The number of para-hydroxylation sites is 3. The fourth-order valence-corrected chi connectivity index (χ4v) is 3.49. The van der Waals surface area contributed by atoms with Crippen LogP contribution in [0.15, 0.2) is 53.3 Å². The average molecular weight is 372 g/mol. The van der Waals surface area contributed by atoms with Crippen LogP contribution in [0.5, 0.6) is 0 Å². The van der Waals surface area contributed by atoms with Crippen LogP contribution in [0.2, 0.25) is 0 Å². The first-order valence-electron chi connectivity index (χ1n) is 9.08. The Hall–Kier alpha value is -3.74. The Morgan fingerprint density at radius 2 is 1.79 bits per heavy atom. The van der Waals surface area contributed by atoms with E-state index in [0.29, 0.717) is 45.2 Å². The molecule has 0 unspecified atom stereocenters. The molecule has 28 heavy (non-hydrogen) atoms. The van der Waals surface area contributed by atoms with E-state index < -0.39 is 5.97 Å². The Balaban J connectivity index is 2.01. The smallest absolute Gasteiger partial charge is 0.344 e. The summed E-state index contributed by atoms with van der Waals surface area (Å²) in [5.74, 6) is -0.523. The van der Waals surface area contributed by atoms with E-state index >= 15 is 0 Å². The molecule has 0 aliphatic rings. The maximum atomic E-state index is 12.9. The molecule has 5 aromatic rings. The number of hydrogen-bond acceptors (Lipinski definition) is 5. The van der Waals surface area contributed by atoms with Crippen molar-refractivity contribution in [3.63, 3.8) is 0 Å². The lowest BCUT2D eigenvalue weighted by Gasteiger charge is -2.04. The number of fused-ring (bicyclic) bond motifs is 6. The second-order valence-electron chi connectivity index (χ2n) is 6.55. The van der Waals surface area contributed by atoms with E-state index in [1.165, 1.54) is 0 Å². The largest absolute Gasteiger partial charge is 0.462 e. The molecule has 7 nitrogen and oxygen atoms in total. The number of aromatic amines is 1. The average Bonchev–Trinajstić information content (AvgIpc) is 3.03. The zero-order valence-corrected chi connectivity index (χ0v) is 15.1. The number of carbonyl (C=O) groups excluding carboxylic acids is 1. The summed E-state index contributed by atoms with van der Waals surface area (Å²) in [4.78, 5) is 37.7. The molecule has 0 aliphatic heterocycles. The highest BCUT2D eigenvalue weighted by Gasteiger charge is 2.25. The van der Waals surface area contributed by atoms with E-state index in [4.69, 9.17) is 9.72 Å². The number of H-pyrrole nitrogens is 1. The molecule has 5 rings (SSSR count). The van der Waals surface area contributed by atoms with E-state index in [0.717, 1.165) is 0 Å². The number of esters is 1. The van der Waals surface area contributed by atoms with Crippen molar-refractivity contribution in [1.82, 2.24) is 19.4 Å². The topological polar surface area (TPSA) is 89.3 Å². The van der Waals surface area contributed by atoms with Gasteiger partial charge in [0.1, 0.15) is 16.7 Å². The highest BCUT2D eigenvalue weighted by molar-refractivity contribution is 6.11. The van der Waals surface area contributed by atoms with Crippen LogP contribution in [0, 0.1) is 0 Å². The Labute approximate surface area is 158 Å². The number of ether oxygens (including phenoxy) is 1. The summed E-state index contributed by atoms with van der Waals surface area (Å²) in [6.45, 7) is 2.21. The fraction of sp³-hybridized carbons (Fsp3) is 0.143. The zero-order valence-electron chi connectivity index (χ0n) is 15.1. The first kappa shape index (κ1) is 16.4. The Kier molecular flexibility index (Phi) is 3.61. The Morgan fingerprint density at radius 3 is 2.57 bits per heavy atom. The van der Waals surface area contributed by atoms with Gasteiger partial charge in [-0.3, -0.25) is 9.20 Å². The molecular weight excluding hydrogens is 356 g/mol. The SMILES string of the molecule is CCCOC(=O)c1c2nc3ccccc3nc2n2c1[nH]c(=O)c1ccccc12. The van der Waals surface area contributed by atoms with E-state index in [-0.39, 0.29) is 17.7 Å². The van der Waals surface area contributed by atoms with Crippen LogP contribution in [0.4, 0.5) is 0 Å². The minimum Gasteiger partial charge on any atom is -0.462 e. The Morgan fingerprint density at radius 1 is 1.07 bits per heavy atom. The third-order valence-corrected chi connectivity index (χ3v) is 4.72. The first-order chi connectivity index (χ1) is 13.7. The van der Waals surface area contributed by atoms with Crippen LogP contribution >= 0.6 is 0 Å². The molecule has 0 amide bonds. The van der Waals surface area contributed by atoms with Gasteiger partial charge in [-0.05, 0) is 30.7 Å². The molecule has 0 saturated heterocycles. The van der Waals surface area contributed by atoms with Gasteiger partial charge in [-0.15, -0.1) is 0 Å². The molecule has 0 bridgehead atoms. The first-order valence-corrected chi connectivity index (χ1v) is 9.08. The molecule has 0 spiro atoms. The van der Waals surface area contributed by atoms with E-state index in [1.54, 1.807) is 16.5 Å². The predicted octanol–water partition coefficient (Wildman–Crippen LogP) is 3.44. The standard InChI is InChI=1S/C21H16N4O3/c1-2-11-28-21(27)16-17-19(23-14-9-5-4-8-13(14)22-17)25-15-10-6-3-7-12(15)20(26)24-18(16)25/h3-10H,2,11H2,1H3,(H,24,26). The van der Waals surface area contributed by atoms with Crippen molar-refractivity contribution < 1.29 is 9.53 Å². The maximum absolute atomic E-state index is 12.9. The highest BCUT2D eigenvalue weighted by Crippen LogP contribution is 2.28. The van der Waals surface area contributed by atoms with Crippen LogP contribution in [0.3, 0.4) is 0 Å². The molecular formula is C21H16N4O3. The van der Waals surface area contributed by atoms with Gasteiger partial charge in [-0.25, -0.2) is 14.8 Å². The molecule has 7 heteroatoms. The second kappa shape index (κ2) is 6.16. The van der Waals surface area contributed by atoms with E-state index in [1.807, 2.05) is 43.3 Å². The van der Waals surface area contributed by atoms with Crippen LogP contribution in [-0.2, 0) is 4.74 Å². The summed E-state index contributed by atoms with van der Waals surface area (Å²) in [5.41, 5.74) is 3.24. The minimum absolute atomic E-state index is 0.226. The predicted molar refractivity (Wildman–Crippen MR) is 107 cm³/mol. The lowest BCUT2D eigenvalue weighted by Crippen LogP contribution is -2.12. The van der Waals surface area contributed by atoms with Gasteiger partial charge in [0.25, 0.3) is 5.56 Å². The highest BCUT2D eigenvalue weighted by atomic mass is 16.5. The third-order valence-electron chi connectivity index (χ3n) is 4.72. The van der Waals surface area contributed by atoms with Gasteiger partial charge in [-0.1, -0.05) is 31.2 Å². The third kappa shape index (κ3) is 2.29. The Bertz CT molecular complexity index is 1450. The molecule has 0 saturated carbocycles.